The van der Waals surface area contributed by atoms with E-state index in [-0.39, 0.29) is 12.1 Å². The highest BCUT2D eigenvalue weighted by Crippen LogP contribution is 2.11. The summed E-state index contributed by atoms with van der Waals surface area (Å²) in [6, 6.07) is 4.08. The summed E-state index contributed by atoms with van der Waals surface area (Å²) in [5.74, 6) is 0. The molecule has 2 rings (SSSR count). The number of hydrogen-bond donors (Lipinski definition) is 1. The van der Waals surface area contributed by atoms with Crippen molar-refractivity contribution in [2.75, 3.05) is 6.61 Å². The van der Waals surface area contributed by atoms with Crippen molar-refractivity contribution in [1.82, 2.24) is 4.98 Å². The molecule has 0 spiro atoms. The van der Waals surface area contributed by atoms with Crippen LogP contribution in [-0.4, -0.2) is 23.7 Å². The van der Waals surface area contributed by atoms with E-state index in [0.29, 0.717) is 11.8 Å². The highest BCUT2D eigenvalue weighted by molar-refractivity contribution is 6.29. The summed E-state index contributed by atoms with van der Waals surface area (Å²) in [4.78, 5) is 8.10. The summed E-state index contributed by atoms with van der Waals surface area (Å²) >= 11 is 5.67. The maximum Gasteiger partial charge on any atom is 0.282 e. The van der Waals surface area contributed by atoms with E-state index in [9.17, 15) is 0 Å². The van der Waals surface area contributed by atoms with Gasteiger partial charge in [0.15, 0.2) is 0 Å². The largest absolute Gasteiger partial charge is 0.463 e. The van der Waals surface area contributed by atoms with Crippen molar-refractivity contribution in [3.63, 3.8) is 0 Å². The van der Waals surface area contributed by atoms with Crippen LogP contribution in [0.3, 0.4) is 0 Å². The Morgan fingerprint density at radius 2 is 2.43 bits per heavy atom. The number of aromatic nitrogens is 1. The van der Waals surface area contributed by atoms with Crippen molar-refractivity contribution in [2.24, 2.45) is 10.7 Å². The van der Waals surface area contributed by atoms with E-state index in [2.05, 4.69) is 9.98 Å². The van der Waals surface area contributed by atoms with E-state index in [1.165, 1.54) is 0 Å². The Kier molecular flexibility index (Phi) is 2.54. The Morgan fingerprint density at radius 3 is 3.00 bits per heavy atom. The van der Waals surface area contributed by atoms with Crippen molar-refractivity contribution in [3.05, 3.63) is 29.0 Å². The average Bonchev–Trinajstić information content (AvgIpc) is 2.56. The SMILES string of the molecule is NC1=NC(Cc2ccc(Cl)nc2)CO1. The Balaban J connectivity index is 2.01. The highest BCUT2D eigenvalue weighted by Gasteiger charge is 2.16. The molecule has 74 valence electrons. The molecule has 0 saturated carbocycles. The molecule has 4 nitrogen and oxygen atoms in total. The van der Waals surface area contributed by atoms with Gasteiger partial charge in [-0.1, -0.05) is 17.7 Å². The van der Waals surface area contributed by atoms with Gasteiger partial charge in [0.1, 0.15) is 11.8 Å². The molecule has 1 aromatic rings. The zero-order valence-electron chi connectivity index (χ0n) is 7.48. The third-order valence-corrected chi connectivity index (χ3v) is 2.22. The fraction of sp³-hybridized carbons (Fsp3) is 0.333. The number of hydrogen-bond acceptors (Lipinski definition) is 4. The third kappa shape index (κ3) is 2.14. The summed E-state index contributed by atoms with van der Waals surface area (Å²) in [6.45, 7) is 0.550. The minimum atomic E-state index is 0.109. The normalized spacial score (nSPS) is 20.4. The zero-order valence-corrected chi connectivity index (χ0v) is 8.24. The smallest absolute Gasteiger partial charge is 0.282 e. The molecule has 2 heterocycles. The van der Waals surface area contributed by atoms with Crippen LogP contribution >= 0.6 is 11.6 Å². The van der Waals surface area contributed by atoms with Crippen LogP contribution < -0.4 is 5.73 Å². The van der Waals surface area contributed by atoms with Gasteiger partial charge in [0, 0.05) is 6.20 Å². The van der Waals surface area contributed by atoms with Crippen LogP contribution in [0.1, 0.15) is 5.56 Å². The quantitative estimate of drug-likeness (QED) is 0.743. The first-order valence-corrected chi connectivity index (χ1v) is 4.68. The molecule has 5 heteroatoms. The number of ether oxygens (including phenoxy) is 1. The minimum Gasteiger partial charge on any atom is -0.463 e. The standard InChI is InChI=1S/C9H10ClN3O/c10-8-2-1-6(4-12-8)3-7-5-14-9(11)13-7/h1-2,4,7H,3,5H2,(H2,11,13). The van der Waals surface area contributed by atoms with E-state index in [1.807, 2.05) is 6.07 Å². The Morgan fingerprint density at radius 1 is 1.57 bits per heavy atom. The molecule has 0 aliphatic carbocycles. The van der Waals surface area contributed by atoms with Crippen LogP contribution in [0.25, 0.3) is 0 Å². The molecule has 0 aromatic carbocycles. The van der Waals surface area contributed by atoms with Crippen LogP contribution in [0.15, 0.2) is 23.3 Å². The van der Waals surface area contributed by atoms with Gasteiger partial charge in [0.05, 0.1) is 6.04 Å². The lowest BCUT2D eigenvalue weighted by atomic mass is 10.1. The van der Waals surface area contributed by atoms with Gasteiger partial charge in [-0.15, -0.1) is 0 Å². The van der Waals surface area contributed by atoms with Crippen LogP contribution in [0, 0.1) is 0 Å². The number of pyridine rings is 1. The Bertz CT molecular complexity index is 350. The summed E-state index contributed by atoms with van der Waals surface area (Å²) in [5, 5.41) is 0.499. The predicted molar refractivity (Wildman–Crippen MR) is 54.3 cm³/mol. The van der Waals surface area contributed by atoms with Crippen LogP contribution in [0.5, 0.6) is 0 Å². The van der Waals surface area contributed by atoms with Crippen LogP contribution in [-0.2, 0) is 11.2 Å². The van der Waals surface area contributed by atoms with E-state index in [1.54, 1.807) is 12.3 Å². The topological polar surface area (TPSA) is 60.5 Å². The summed E-state index contributed by atoms with van der Waals surface area (Å²) < 4.78 is 5.04. The van der Waals surface area contributed by atoms with E-state index < -0.39 is 0 Å². The first-order chi connectivity index (χ1) is 6.74. The highest BCUT2D eigenvalue weighted by atomic mass is 35.5. The van der Waals surface area contributed by atoms with E-state index in [4.69, 9.17) is 22.1 Å². The monoisotopic (exact) mass is 211 g/mol. The summed E-state index contributed by atoms with van der Waals surface area (Å²) in [5.41, 5.74) is 6.48. The minimum absolute atomic E-state index is 0.109. The van der Waals surface area contributed by atoms with Crippen LogP contribution in [0.4, 0.5) is 0 Å². The first kappa shape index (κ1) is 9.27. The molecule has 0 fully saturated rings. The Labute approximate surface area is 86.8 Å². The summed E-state index contributed by atoms with van der Waals surface area (Å²) in [7, 11) is 0. The van der Waals surface area contributed by atoms with Crippen molar-refractivity contribution < 1.29 is 4.74 Å². The van der Waals surface area contributed by atoms with Crippen molar-refractivity contribution in [1.29, 1.82) is 0 Å². The lowest BCUT2D eigenvalue weighted by Gasteiger charge is -2.03. The number of amidine groups is 1. The third-order valence-electron chi connectivity index (χ3n) is 1.99. The van der Waals surface area contributed by atoms with Gasteiger partial charge >= 0.3 is 0 Å². The molecule has 1 unspecified atom stereocenters. The fourth-order valence-electron chi connectivity index (χ4n) is 1.34. The van der Waals surface area contributed by atoms with Gasteiger partial charge in [-0.3, -0.25) is 0 Å². The molecule has 1 aliphatic heterocycles. The molecular formula is C9H10ClN3O. The molecule has 1 atom stereocenters. The molecule has 1 aliphatic rings. The van der Waals surface area contributed by atoms with Crippen molar-refractivity contribution >= 4 is 17.6 Å². The van der Waals surface area contributed by atoms with Gasteiger partial charge in [-0.2, -0.15) is 0 Å². The van der Waals surface area contributed by atoms with Crippen molar-refractivity contribution in [2.45, 2.75) is 12.5 Å². The molecule has 0 radical (unpaired) electrons. The summed E-state index contributed by atoms with van der Waals surface area (Å²) in [6.07, 6.45) is 2.53. The molecule has 1 aromatic heterocycles. The molecule has 0 amide bonds. The van der Waals surface area contributed by atoms with Gasteiger partial charge in [-0.25, -0.2) is 9.98 Å². The van der Waals surface area contributed by atoms with Crippen molar-refractivity contribution in [3.8, 4) is 0 Å². The first-order valence-electron chi connectivity index (χ1n) is 4.30. The molecule has 0 saturated heterocycles. The zero-order chi connectivity index (χ0) is 9.97. The van der Waals surface area contributed by atoms with E-state index >= 15 is 0 Å². The second kappa shape index (κ2) is 3.84. The van der Waals surface area contributed by atoms with Gasteiger partial charge in [-0.05, 0) is 18.1 Å². The molecular weight excluding hydrogens is 202 g/mol. The Hall–Kier alpha value is -1.29. The number of nitrogens with zero attached hydrogens (tertiary/aromatic N) is 2. The van der Waals surface area contributed by atoms with Crippen LogP contribution in [0.2, 0.25) is 5.15 Å². The predicted octanol–water partition coefficient (Wildman–Crippen LogP) is 0.991. The molecule has 14 heavy (non-hydrogen) atoms. The van der Waals surface area contributed by atoms with Gasteiger partial charge in [0.25, 0.3) is 6.02 Å². The number of nitrogens with two attached hydrogens (primary N) is 1. The maximum atomic E-state index is 5.67. The second-order valence-electron chi connectivity index (χ2n) is 3.13. The number of aliphatic imine (C=N–C) groups is 1. The molecule has 2 N–H and O–H groups in total. The van der Waals surface area contributed by atoms with Gasteiger partial charge in [0.2, 0.25) is 0 Å². The maximum absolute atomic E-state index is 5.67. The second-order valence-corrected chi connectivity index (χ2v) is 3.51. The average molecular weight is 212 g/mol. The number of rotatable bonds is 2. The lowest BCUT2D eigenvalue weighted by molar-refractivity contribution is 0.312. The van der Waals surface area contributed by atoms with Gasteiger partial charge < -0.3 is 10.5 Å². The number of halogens is 1. The fourth-order valence-corrected chi connectivity index (χ4v) is 1.45. The molecule has 0 bridgehead atoms. The van der Waals surface area contributed by atoms with E-state index in [0.717, 1.165) is 12.0 Å². The lowest BCUT2D eigenvalue weighted by Crippen LogP contribution is -2.11.